The number of halogens is 1. The number of H-pyrrole nitrogens is 1. The summed E-state index contributed by atoms with van der Waals surface area (Å²) in [6.07, 6.45) is -4.05. The smallest absolute Gasteiger partial charge is 0.469 e. The molecule has 1 aromatic heterocycles. The van der Waals surface area contributed by atoms with E-state index in [-0.39, 0.29) is 30.7 Å². The first-order valence-corrected chi connectivity index (χ1v) is 12.4. The maximum Gasteiger partial charge on any atom is 0.469 e. The number of quaternary nitrogens is 1. The molecule has 0 spiro atoms. The average Bonchev–Trinajstić information content (AvgIpc) is 3.22. The van der Waals surface area contributed by atoms with Gasteiger partial charge in [0.15, 0.2) is 12.9 Å². The third-order valence-corrected chi connectivity index (χ3v) is 6.57. The van der Waals surface area contributed by atoms with Crippen molar-refractivity contribution in [2.24, 2.45) is 0 Å². The molecule has 0 aliphatic carbocycles. The highest BCUT2D eigenvalue weighted by atomic mass is 35.5. The van der Waals surface area contributed by atoms with Crippen LogP contribution in [0.5, 0.6) is 5.75 Å². The van der Waals surface area contributed by atoms with Gasteiger partial charge in [-0.25, -0.2) is 4.57 Å². The van der Waals surface area contributed by atoms with Crippen molar-refractivity contribution in [1.29, 1.82) is 0 Å². The Bertz CT molecular complexity index is 1170. The number of aromatic nitrogens is 2. The number of hydrogen-bond donors (Lipinski definition) is 7. The number of ether oxygens (including phenoxy) is 2. The number of aliphatic hydroxyl groups is 2. The van der Waals surface area contributed by atoms with Gasteiger partial charge in [-0.2, -0.15) is 4.98 Å². The number of fused-ring (bicyclic) bond motifs is 1. The lowest BCUT2D eigenvalue weighted by Crippen LogP contribution is -3.08. The van der Waals surface area contributed by atoms with Gasteiger partial charge in [-0.15, -0.1) is 0 Å². The van der Waals surface area contributed by atoms with Crippen LogP contribution in [0.2, 0.25) is 5.02 Å². The van der Waals surface area contributed by atoms with Gasteiger partial charge in [0.05, 0.1) is 6.61 Å². The highest BCUT2D eigenvalue weighted by Crippen LogP contribution is 2.40. The summed E-state index contributed by atoms with van der Waals surface area (Å²) < 4.78 is 27.0. The molecule has 192 valence electrons. The van der Waals surface area contributed by atoms with E-state index in [0.29, 0.717) is 22.2 Å². The first-order valence-electron chi connectivity index (χ1n) is 10.5. The molecule has 0 radical (unpaired) electrons. The molecule has 0 saturated carbocycles. The summed E-state index contributed by atoms with van der Waals surface area (Å²) in [6, 6.07) is 6.79. The molecule has 5 atom stereocenters. The fourth-order valence-electron chi connectivity index (χ4n) is 4.18. The Hall–Kier alpha value is -2.26. The maximum atomic E-state index is 12.7. The summed E-state index contributed by atoms with van der Waals surface area (Å²) in [4.78, 5) is 39.4. The van der Waals surface area contributed by atoms with Crippen molar-refractivity contribution in [2.45, 2.75) is 31.0 Å². The third kappa shape index (κ3) is 5.45. The van der Waals surface area contributed by atoms with Crippen LogP contribution in [0.25, 0.3) is 0 Å². The molecular formula is C19H26ClN5O9P+. The summed E-state index contributed by atoms with van der Waals surface area (Å²) in [5, 5.41) is 22.2. The first-order chi connectivity index (χ1) is 16.4. The van der Waals surface area contributed by atoms with Crippen molar-refractivity contribution in [3.63, 3.8) is 0 Å². The molecule has 35 heavy (non-hydrogen) atoms. The Morgan fingerprint density at radius 2 is 2.09 bits per heavy atom. The number of phosphoric acid groups is 1. The minimum absolute atomic E-state index is 0.0957. The van der Waals surface area contributed by atoms with E-state index in [1.165, 1.54) is 11.8 Å². The molecule has 2 aliphatic rings. The van der Waals surface area contributed by atoms with E-state index >= 15 is 0 Å². The molecule has 4 rings (SSSR count). The summed E-state index contributed by atoms with van der Waals surface area (Å²) in [6.45, 7) is 1.27. The van der Waals surface area contributed by atoms with Gasteiger partial charge >= 0.3 is 13.4 Å². The van der Waals surface area contributed by atoms with E-state index in [4.69, 9.17) is 36.6 Å². The van der Waals surface area contributed by atoms with Gasteiger partial charge in [0.1, 0.15) is 36.7 Å². The Morgan fingerprint density at radius 3 is 2.74 bits per heavy atom. The normalized spacial score (nSPS) is 28.3. The maximum absolute atomic E-state index is 12.7. The van der Waals surface area contributed by atoms with Crippen LogP contribution in [0.3, 0.4) is 0 Å². The molecule has 2 aliphatic heterocycles. The number of rotatable bonds is 8. The fourth-order valence-corrected chi connectivity index (χ4v) is 4.64. The Labute approximate surface area is 204 Å². The highest BCUT2D eigenvalue weighted by Gasteiger charge is 2.57. The van der Waals surface area contributed by atoms with Crippen LogP contribution < -0.4 is 25.8 Å². The summed E-state index contributed by atoms with van der Waals surface area (Å²) in [5.74, 6) is 0.575. The molecule has 16 heteroatoms. The number of aliphatic hydroxyl groups excluding tert-OH is 1. The van der Waals surface area contributed by atoms with Crippen molar-refractivity contribution in [3.8, 4) is 5.75 Å². The Balaban J connectivity index is 1.55. The van der Waals surface area contributed by atoms with Gasteiger partial charge in [0, 0.05) is 5.02 Å². The molecule has 5 unspecified atom stereocenters. The molecule has 3 heterocycles. The largest absolute Gasteiger partial charge is 0.488 e. The van der Waals surface area contributed by atoms with Gasteiger partial charge in [0.25, 0.3) is 0 Å². The third-order valence-electron chi connectivity index (χ3n) is 5.84. The predicted octanol–water partition coefficient (Wildman–Crippen LogP) is -1.68. The monoisotopic (exact) mass is 534 g/mol. The van der Waals surface area contributed by atoms with E-state index in [2.05, 4.69) is 14.5 Å². The zero-order chi connectivity index (χ0) is 25.5. The standard InChI is InChI=1S/C19H25ClN5O9P/c1-19(28)14(26)12(8-33-35(29,30)31)34-17(19)25-9-24(13-15(25)22-18(21)23-16(13)27)6-7-32-11-4-2-10(20)3-5-11/h2-5,12,14,17,26,28H,6-9H2,1H3,(H2,29,30,31)(H3,21,22,23,27)/p+1. The number of benzene rings is 1. The minimum atomic E-state index is -4.83. The van der Waals surface area contributed by atoms with E-state index in [0.717, 1.165) is 0 Å². The second kappa shape index (κ2) is 9.65. The molecule has 1 fully saturated rings. The van der Waals surface area contributed by atoms with Crippen LogP contribution >= 0.6 is 19.4 Å². The van der Waals surface area contributed by atoms with Gasteiger partial charge in [-0.1, -0.05) is 11.6 Å². The van der Waals surface area contributed by atoms with Crippen LogP contribution in [0.1, 0.15) is 6.92 Å². The van der Waals surface area contributed by atoms with Gasteiger partial charge in [-0.3, -0.25) is 24.1 Å². The molecule has 8 N–H and O–H groups in total. The lowest BCUT2D eigenvalue weighted by Gasteiger charge is -2.32. The van der Waals surface area contributed by atoms with E-state index in [1.54, 1.807) is 24.3 Å². The molecule has 0 amide bonds. The van der Waals surface area contributed by atoms with Crippen LogP contribution in [0, 0.1) is 0 Å². The summed E-state index contributed by atoms with van der Waals surface area (Å²) in [5.41, 5.74) is 3.59. The molecule has 1 saturated heterocycles. The van der Waals surface area contributed by atoms with Crippen molar-refractivity contribution >= 4 is 36.9 Å². The van der Waals surface area contributed by atoms with Gasteiger partial charge in [-0.05, 0) is 31.2 Å². The van der Waals surface area contributed by atoms with E-state index in [1.807, 2.05) is 0 Å². The number of nitrogen functional groups attached to an aromatic ring is 1. The minimum Gasteiger partial charge on any atom is -0.488 e. The van der Waals surface area contributed by atoms with Crippen molar-refractivity contribution < 1.29 is 43.5 Å². The van der Waals surface area contributed by atoms with Crippen molar-refractivity contribution in [1.82, 2.24) is 9.97 Å². The number of aromatic amines is 1. The number of hydrogen-bond acceptors (Lipinski definition) is 10. The number of anilines is 2. The van der Waals surface area contributed by atoms with Crippen LogP contribution in [-0.2, 0) is 13.8 Å². The fraction of sp³-hybridized carbons (Fsp3) is 0.474. The zero-order valence-electron chi connectivity index (χ0n) is 18.5. The quantitative estimate of drug-likeness (QED) is 0.190. The summed E-state index contributed by atoms with van der Waals surface area (Å²) >= 11 is 5.88. The lowest BCUT2D eigenvalue weighted by molar-refractivity contribution is -0.827. The van der Waals surface area contributed by atoms with Crippen molar-refractivity contribution in [3.05, 3.63) is 39.6 Å². The molecular weight excluding hydrogens is 509 g/mol. The highest BCUT2D eigenvalue weighted by molar-refractivity contribution is 7.46. The summed E-state index contributed by atoms with van der Waals surface area (Å²) in [7, 11) is -4.83. The number of nitrogens with two attached hydrogens (primary N) is 1. The molecule has 2 aromatic rings. The topological polar surface area (TPSA) is 205 Å². The second-order valence-electron chi connectivity index (χ2n) is 8.42. The van der Waals surface area contributed by atoms with E-state index in [9.17, 15) is 19.6 Å². The SMILES string of the molecule is CC1(O)C(O)C(COP(=O)(O)O)OC1N1C[NH+](CCOc2ccc(Cl)cc2)c2c1nc(N)[nH]c2=O. The molecule has 0 bridgehead atoms. The van der Waals surface area contributed by atoms with Crippen LogP contribution in [-0.4, -0.2) is 80.4 Å². The van der Waals surface area contributed by atoms with Gasteiger partial charge in [0.2, 0.25) is 17.5 Å². The number of nitrogens with zero attached hydrogens (tertiary/aromatic N) is 2. The van der Waals surface area contributed by atoms with Crippen molar-refractivity contribution in [2.75, 3.05) is 37.1 Å². The lowest BCUT2D eigenvalue weighted by atomic mass is 9.96. The molecule has 14 nitrogen and oxygen atoms in total. The predicted molar refractivity (Wildman–Crippen MR) is 122 cm³/mol. The Morgan fingerprint density at radius 1 is 1.40 bits per heavy atom. The number of nitrogens with one attached hydrogen (secondary N) is 2. The zero-order valence-corrected chi connectivity index (χ0v) is 20.1. The van der Waals surface area contributed by atoms with Crippen LogP contribution in [0.15, 0.2) is 29.1 Å². The second-order valence-corrected chi connectivity index (χ2v) is 10.1. The van der Waals surface area contributed by atoms with Crippen LogP contribution in [0.4, 0.5) is 17.5 Å². The van der Waals surface area contributed by atoms with Gasteiger partial charge < -0.3 is 35.2 Å². The van der Waals surface area contributed by atoms with E-state index < -0.39 is 44.0 Å². The Kier molecular flexibility index (Phi) is 7.12. The molecule has 1 aromatic carbocycles. The number of phosphoric ester groups is 1. The first kappa shape index (κ1) is 25.8. The average molecular weight is 535 g/mol.